The molecule has 0 aliphatic rings. The van der Waals surface area contributed by atoms with E-state index in [4.69, 9.17) is 0 Å². The molecule has 6 heteroatoms. The lowest BCUT2D eigenvalue weighted by Gasteiger charge is -2.08. The summed E-state index contributed by atoms with van der Waals surface area (Å²) in [5.74, 6) is 1.41. The number of hydrogen-bond acceptors (Lipinski definition) is 4. The van der Waals surface area contributed by atoms with Gasteiger partial charge in [-0.2, -0.15) is 0 Å². The molecule has 3 aromatic rings. The minimum absolute atomic E-state index is 0.202. The molecule has 126 valence electrons. The summed E-state index contributed by atoms with van der Waals surface area (Å²) in [7, 11) is 0. The molecule has 0 N–H and O–H groups in total. The van der Waals surface area contributed by atoms with Gasteiger partial charge in [-0.1, -0.05) is 30.8 Å². The smallest absolute Gasteiger partial charge is 0.191 e. The van der Waals surface area contributed by atoms with Gasteiger partial charge in [0.05, 0.1) is 0 Å². The number of thiophene rings is 1. The van der Waals surface area contributed by atoms with Gasteiger partial charge < -0.3 is 4.57 Å². The Hall–Kier alpha value is -1.66. The third kappa shape index (κ3) is 3.39. The molecule has 0 saturated heterocycles. The maximum absolute atomic E-state index is 13.3. The fraction of sp³-hybridized carbons (Fsp3) is 0.333. The Labute approximate surface area is 149 Å². The highest BCUT2D eigenvalue weighted by molar-refractivity contribution is 7.98. The molecule has 0 unspecified atom stereocenters. The molecule has 24 heavy (non-hydrogen) atoms. The van der Waals surface area contributed by atoms with E-state index in [1.165, 1.54) is 22.1 Å². The minimum Gasteiger partial charge on any atom is -0.302 e. The van der Waals surface area contributed by atoms with Crippen LogP contribution in [-0.4, -0.2) is 14.8 Å². The molecule has 3 rings (SSSR count). The zero-order chi connectivity index (χ0) is 17.1. The number of aromatic nitrogens is 3. The van der Waals surface area contributed by atoms with Gasteiger partial charge in [-0.25, -0.2) is 4.39 Å². The summed E-state index contributed by atoms with van der Waals surface area (Å²) < 4.78 is 15.5. The SMILES string of the molecule is CCc1c(-c2nnc(SCc3cccc(F)c3)n2CC)csc1C. The van der Waals surface area contributed by atoms with E-state index in [1.807, 2.05) is 6.07 Å². The van der Waals surface area contributed by atoms with E-state index < -0.39 is 0 Å². The van der Waals surface area contributed by atoms with E-state index in [1.54, 1.807) is 35.2 Å². The van der Waals surface area contributed by atoms with Crippen molar-refractivity contribution in [3.63, 3.8) is 0 Å². The molecular weight excluding hydrogens is 341 g/mol. The van der Waals surface area contributed by atoms with Crippen LogP contribution in [0.5, 0.6) is 0 Å². The lowest BCUT2D eigenvalue weighted by molar-refractivity contribution is 0.626. The van der Waals surface area contributed by atoms with E-state index in [2.05, 4.69) is 40.9 Å². The lowest BCUT2D eigenvalue weighted by atomic mass is 10.1. The van der Waals surface area contributed by atoms with Crippen molar-refractivity contribution in [1.82, 2.24) is 14.8 Å². The second-order valence-corrected chi connectivity index (χ2v) is 7.53. The number of halogens is 1. The third-order valence-electron chi connectivity index (χ3n) is 3.99. The van der Waals surface area contributed by atoms with Gasteiger partial charge in [-0.3, -0.25) is 0 Å². The van der Waals surface area contributed by atoms with Crippen molar-refractivity contribution >= 4 is 23.1 Å². The molecule has 2 heterocycles. The van der Waals surface area contributed by atoms with Crippen LogP contribution >= 0.6 is 23.1 Å². The summed E-state index contributed by atoms with van der Waals surface area (Å²) in [5.41, 5.74) is 3.49. The van der Waals surface area contributed by atoms with Crippen molar-refractivity contribution in [3.05, 3.63) is 51.5 Å². The fourth-order valence-corrected chi connectivity index (χ4v) is 4.64. The van der Waals surface area contributed by atoms with Crippen molar-refractivity contribution in [1.29, 1.82) is 0 Å². The number of benzene rings is 1. The molecular formula is C18H20FN3S2. The average molecular weight is 362 g/mol. The minimum atomic E-state index is -0.202. The van der Waals surface area contributed by atoms with Crippen LogP contribution in [0.1, 0.15) is 29.9 Å². The Balaban J connectivity index is 1.87. The van der Waals surface area contributed by atoms with Crippen LogP contribution in [0.25, 0.3) is 11.4 Å². The van der Waals surface area contributed by atoms with Crippen LogP contribution in [0.2, 0.25) is 0 Å². The molecule has 3 nitrogen and oxygen atoms in total. The maximum Gasteiger partial charge on any atom is 0.191 e. The second-order valence-electron chi connectivity index (χ2n) is 5.51. The first-order chi connectivity index (χ1) is 11.6. The Bertz CT molecular complexity index is 839. The van der Waals surface area contributed by atoms with Crippen LogP contribution < -0.4 is 0 Å². The third-order valence-corrected chi connectivity index (χ3v) is 5.98. The first-order valence-electron chi connectivity index (χ1n) is 8.01. The van der Waals surface area contributed by atoms with E-state index in [0.717, 1.165) is 29.5 Å². The summed E-state index contributed by atoms with van der Waals surface area (Å²) in [6.07, 6.45) is 0.993. The van der Waals surface area contributed by atoms with Gasteiger partial charge in [0, 0.05) is 28.1 Å². The van der Waals surface area contributed by atoms with Crippen LogP contribution in [0.3, 0.4) is 0 Å². The highest BCUT2D eigenvalue weighted by atomic mass is 32.2. The highest BCUT2D eigenvalue weighted by Gasteiger charge is 2.18. The Kier molecular flexibility index (Phi) is 5.36. The molecule has 0 amide bonds. The number of hydrogen-bond donors (Lipinski definition) is 0. The molecule has 0 bridgehead atoms. The van der Waals surface area contributed by atoms with Crippen molar-refractivity contribution in [2.24, 2.45) is 0 Å². The van der Waals surface area contributed by atoms with Crippen molar-refractivity contribution in [3.8, 4) is 11.4 Å². The summed E-state index contributed by atoms with van der Waals surface area (Å²) in [6.45, 7) is 7.24. The molecule has 0 atom stereocenters. The molecule has 2 aromatic heterocycles. The lowest BCUT2D eigenvalue weighted by Crippen LogP contribution is -2.00. The predicted octanol–water partition coefficient (Wildman–Crippen LogP) is 5.33. The first kappa shape index (κ1) is 17.2. The normalized spacial score (nSPS) is 11.2. The largest absolute Gasteiger partial charge is 0.302 e. The van der Waals surface area contributed by atoms with Crippen LogP contribution in [0.4, 0.5) is 4.39 Å². The van der Waals surface area contributed by atoms with Gasteiger partial charge in [0.1, 0.15) is 5.82 Å². The van der Waals surface area contributed by atoms with E-state index in [-0.39, 0.29) is 5.82 Å². The van der Waals surface area contributed by atoms with Gasteiger partial charge in [-0.15, -0.1) is 21.5 Å². The standard InChI is InChI=1S/C18H20FN3S2/c1-4-15-12(3)23-11-16(15)17-20-21-18(22(17)5-2)24-10-13-7-6-8-14(19)9-13/h6-9,11H,4-5,10H2,1-3H3. The van der Waals surface area contributed by atoms with E-state index in [0.29, 0.717) is 5.75 Å². The maximum atomic E-state index is 13.3. The zero-order valence-corrected chi connectivity index (χ0v) is 15.7. The molecule has 0 radical (unpaired) electrons. The Morgan fingerprint density at radius 3 is 2.79 bits per heavy atom. The molecule has 0 spiro atoms. The van der Waals surface area contributed by atoms with Crippen molar-refractivity contribution in [2.45, 2.75) is 44.6 Å². The quantitative estimate of drug-likeness (QED) is 0.556. The number of aryl methyl sites for hydroxylation is 1. The molecule has 0 aliphatic heterocycles. The monoisotopic (exact) mass is 361 g/mol. The molecule has 0 aliphatic carbocycles. The van der Waals surface area contributed by atoms with Crippen LogP contribution in [0, 0.1) is 12.7 Å². The first-order valence-corrected chi connectivity index (χ1v) is 9.88. The molecule has 0 fully saturated rings. The summed E-state index contributed by atoms with van der Waals surface area (Å²) in [4.78, 5) is 1.34. The van der Waals surface area contributed by atoms with E-state index >= 15 is 0 Å². The van der Waals surface area contributed by atoms with Crippen molar-refractivity contribution in [2.75, 3.05) is 0 Å². The second kappa shape index (κ2) is 7.49. The van der Waals surface area contributed by atoms with Crippen LogP contribution in [-0.2, 0) is 18.7 Å². The fourth-order valence-electron chi connectivity index (χ4n) is 2.76. The molecule has 0 saturated carbocycles. The molecule has 1 aromatic carbocycles. The van der Waals surface area contributed by atoms with E-state index in [9.17, 15) is 4.39 Å². The summed E-state index contributed by atoms with van der Waals surface area (Å²) >= 11 is 3.36. The van der Waals surface area contributed by atoms with Crippen LogP contribution in [0.15, 0.2) is 34.8 Å². The van der Waals surface area contributed by atoms with Gasteiger partial charge >= 0.3 is 0 Å². The number of rotatable bonds is 6. The zero-order valence-electron chi connectivity index (χ0n) is 14.0. The van der Waals surface area contributed by atoms with Gasteiger partial charge in [0.2, 0.25) is 0 Å². The topological polar surface area (TPSA) is 30.7 Å². The number of nitrogens with zero attached hydrogens (tertiary/aromatic N) is 3. The average Bonchev–Trinajstić information content (AvgIpc) is 3.15. The number of thioether (sulfide) groups is 1. The highest BCUT2D eigenvalue weighted by Crippen LogP contribution is 2.33. The van der Waals surface area contributed by atoms with Gasteiger partial charge in [-0.05, 0) is 43.5 Å². The Morgan fingerprint density at radius 1 is 1.25 bits per heavy atom. The van der Waals surface area contributed by atoms with Crippen molar-refractivity contribution < 1.29 is 4.39 Å². The van der Waals surface area contributed by atoms with Gasteiger partial charge in [0.25, 0.3) is 0 Å². The summed E-state index contributed by atoms with van der Waals surface area (Å²) in [5, 5.41) is 11.9. The van der Waals surface area contributed by atoms with Gasteiger partial charge in [0.15, 0.2) is 11.0 Å². The predicted molar refractivity (Wildman–Crippen MR) is 99.1 cm³/mol. The summed E-state index contributed by atoms with van der Waals surface area (Å²) in [6, 6.07) is 6.70. The Morgan fingerprint density at radius 2 is 2.08 bits per heavy atom.